The molecule has 0 atom stereocenters. The fourth-order valence-corrected chi connectivity index (χ4v) is 3.91. The van der Waals surface area contributed by atoms with Gasteiger partial charge in [-0.25, -0.2) is 9.69 Å². The van der Waals surface area contributed by atoms with Gasteiger partial charge in [-0.1, -0.05) is 36.7 Å². The zero-order valence-corrected chi connectivity index (χ0v) is 18.2. The highest BCUT2D eigenvalue weighted by Crippen LogP contribution is 2.30. The van der Waals surface area contributed by atoms with Gasteiger partial charge in [0, 0.05) is 16.3 Å². The molecule has 2 aromatic rings. The second-order valence-electron chi connectivity index (χ2n) is 6.26. The Kier molecular flexibility index (Phi) is 6.43. The standard InChI is InChI=1S/C20H17ClIN3O4/c1-2-11-5-3-4-6-15(11)23-17(26)10-25-19(28)16(24-20(25)29)8-12-7-13(21)9-14(22)18(12)27/h3-9,27H,2,10H2,1H3,(H,23,26)(H,24,29)/b16-8+. The van der Waals surface area contributed by atoms with Crippen molar-refractivity contribution in [3.05, 3.63) is 61.8 Å². The molecule has 1 heterocycles. The molecule has 0 radical (unpaired) electrons. The number of nitrogens with one attached hydrogen (secondary N) is 2. The Hall–Kier alpha value is -2.59. The summed E-state index contributed by atoms with van der Waals surface area (Å²) in [5, 5.41) is 15.7. The molecule has 9 heteroatoms. The van der Waals surface area contributed by atoms with E-state index in [0.29, 0.717) is 14.3 Å². The van der Waals surface area contributed by atoms with Gasteiger partial charge in [-0.2, -0.15) is 0 Å². The van der Waals surface area contributed by atoms with Crippen LogP contribution in [0.15, 0.2) is 42.1 Å². The molecule has 4 amide bonds. The maximum Gasteiger partial charge on any atom is 0.329 e. The second-order valence-corrected chi connectivity index (χ2v) is 7.86. The Bertz CT molecular complexity index is 1040. The van der Waals surface area contributed by atoms with Gasteiger partial charge >= 0.3 is 6.03 Å². The van der Waals surface area contributed by atoms with E-state index < -0.39 is 24.4 Å². The number of benzene rings is 2. The molecule has 3 N–H and O–H groups in total. The number of anilines is 1. The van der Waals surface area contributed by atoms with E-state index in [9.17, 15) is 19.5 Å². The third kappa shape index (κ3) is 4.70. The van der Waals surface area contributed by atoms with Crippen LogP contribution >= 0.6 is 34.2 Å². The van der Waals surface area contributed by atoms with Crippen molar-refractivity contribution in [1.82, 2.24) is 10.2 Å². The zero-order chi connectivity index (χ0) is 21.1. The van der Waals surface area contributed by atoms with E-state index in [0.717, 1.165) is 16.9 Å². The van der Waals surface area contributed by atoms with Crippen LogP contribution in [0.1, 0.15) is 18.1 Å². The number of aryl methyl sites for hydroxylation is 1. The number of amides is 4. The monoisotopic (exact) mass is 525 g/mol. The number of nitrogens with zero attached hydrogens (tertiary/aromatic N) is 1. The smallest absolute Gasteiger partial charge is 0.329 e. The number of para-hydroxylation sites is 1. The minimum absolute atomic E-state index is 0.0508. The van der Waals surface area contributed by atoms with Crippen molar-refractivity contribution >= 4 is 63.8 Å². The third-order valence-corrected chi connectivity index (χ3v) is 5.33. The summed E-state index contributed by atoms with van der Waals surface area (Å²) in [6.45, 7) is 1.53. The number of hydrogen-bond donors (Lipinski definition) is 3. The lowest BCUT2D eigenvalue weighted by molar-refractivity contribution is -0.127. The van der Waals surface area contributed by atoms with E-state index in [1.807, 2.05) is 41.6 Å². The molecule has 0 bridgehead atoms. The Morgan fingerprint density at radius 1 is 1.31 bits per heavy atom. The minimum atomic E-state index is -0.712. The van der Waals surface area contributed by atoms with Crippen molar-refractivity contribution < 1.29 is 19.5 Å². The highest BCUT2D eigenvalue weighted by Gasteiger charge is 2.35. The summed E-state index contributed by atoms with van der Waals surface area (Å²) in [5.41, 5.74) is 1.82. The van der Waals surface area contributed by atoms with Crippen LogP contribution < -0.4 is 10.6 Å². The first-order chi connectivity index (χ1) is 13.8. The zero-order valence-electron chi connectivity index (χ0n) is 15.3. The van der Waals surface area contributed by atoms with Crippen molar-refractivity contribution in [1.29, 1.82) is 0 Å². The van der Waals surface area contributed by atoms with Crippen molar-refractivity contribution in [3.63, 3.8) is 0 Å². The van der Waals surface area contributed by atoms with Crippen molar-refractivity contribution in [2.75, 3.05) is 11.9 Å². The van der Waals surface area contributed by atoms with Crippen LogP contribution in [-0.2, 0) is 16.0 Å². The van der Waals surface area contributed by atoms with E-state index >= 15 is 0 Å². The predicted octanol–water partition coefficient (Wildman–Crippen LogP) is 3.74. The van der Waals surface area contributed by atoms with Gasteiger partial charge in [0.15, 0.2) is 0 Å². The average molecular weight is 526 g/mol. The number of aromatic hydroxyl groups is 1. The molecule has 0 unspecified atom stereocenters. The molecule has 2 aromatic carbocycles. The number of rotatable bonds is 5. The molecule has 0 saturated carbocycles. The van der Waals surface area contributed by atoms with Crippen LogP contribution in [0, 0.1) is 3.57 Å². The summed E-state index contributed by atoms with van der Waals surface area (Å²) < 4.78 is 0.504. The molecule has 1 aliphatic heterocycles. The number of urea groups is 1. The summed E-state index contributed by atoms with van der Waals surface area (Å²) in [7, 11) is 0. The molecule has 1 aliphatic rings. The Morgan fingerprint density at radius 2 is 2.03 bits per heavy atom. The van der Waals surface area contributed by atoms with E-state index in [1.165, 1.54) is 12.1 Å². The molecule has 0 aromatic heterocycles. The maximum absolute atomic E-state index is 12.6. The van der Waals surface area contributed by atoms with Crippen LogP contribution in [0.4, 0.5) is 10.5 Å². The van der Waals surface area contributed by atoms with Crippen LogP contribution in [0.5, 0.6) is 5.75 Å². The number of imide groups is 1. The van der Waals surface area contributed by atoms with Gasteiger partial charge in [0.25, 0.3) is 5.91 Å². The van der Waals surface area contributed by atoms with E-state index in [4.69, 9.17) is 11.6 Å². The molecular weight excluding hydrogens is 509 g/mol. The Morgan fingerprint density at radius 3 is 2.76 bits per heavy atom. The van der Waals surface area contributed by atoms with Gasteiger partial charge in [0.2, 0.25) is 5.91 Å². The topological polar surface area (TPSA) is 98.7 Å². The highest BCUT2D eigenvalue weighted by molar-refractivity contribution is 14.1. The number of carbonyl (C=O) groups is 3. The van der Waals surface area contributed by atoms with Crippen LogP contribution in [0.3, 0.4) is 0 Å². The fourth-order valence-electron chi connectivity index (χ4n) is 2.85. The van der Waals surface area contributed by atoms with Crippen LogP contribution in [-0.4, -0.2) is 34.4 Å². The number of phenols is 1. The van der Waals surface area contributed by atoms with E-state index in [2.05, 4.69) is 10.6 Å². The molecule has 1 fully saturated rings. The molecular formula is C20H17ClIN3O4. The number of carbonyl (C=O) groups excluding carboxylic acids is 3. The summed E-state index contributed by atoms with van der Waals surface area (Å²) in [6.07, 6.45) is 2.06. The minimum Gasteiger partial charge on any atom is -0.506 e. The molecule has 1 saturated heterocycles. The largest absolute Gasteiger partial charge is 0.506 e. The van der Waals surface area contributed by atoms with E-state index in [-0.39, 0.29) is 17.0 Å². The van der Waals surface area contributed by atoms with Crippen molar-refractivity contribution in [2.24, 2.45) is 0 Å². The van der Waals surface area contributed by atoms with Gasteiger partial charge < -0.3 is 15.7 Å². The normalized spacial score (nSPS) is 15.0. The third-order valence-electron chi connectivity index (χ3n) is 4.29. The lowest BCUT2D eigenvalue weighted by Crippen LogP contribution is -2.38. The number of phenolic OH excluding ortho intramolecular Hbond substituents is 1. The van der Waals surface area contributed by atoms with Gasteiger partial charge in [0.1, 0.15) is 18.0 Å². The second kappa shape index (κ2) is 8.83. The predicted molar refractivity (Wildman–Crippen MR) is 119 cm³/mol. The number of hydrogen-bond acceptors (Lipinski definition) is 4. The van der Waals surface area contributed by atoms with Crippen molar-refractivity contribution in [2.45, 2.75) is 13.3 Å². The Labute approximate surface area is 185 Å². The lowest BCUT2D eigenvalue weighted by atomic mass is 10.1. The molecule has 7 nitrogen and oxygen atoms in total. The molecule has 150 valence electrons. The average Bonchev–Trinajstić information content (AvgIpc) is 2.93. The quantitative estimate of drug-likeness (QED) is 0.315. The molecule has 3 rings (SSSR count). The van der Waals surface area contributed by atoms with Crippen LogP contribution in [0.25, 0.3) is 6.08 Å². The fraction of sp³-hybridized carbons (Fsp3) is 0.150. The van der Waals surface area contributed by atoms with Gasteiger partial charge in [-0.15, -0.1) is 0 Å². The van der Waals surface area contributed by atoms with Gasteiger partial charge in [-0.3, -0.25) is 9.59 Å². The summed E-state index contributed by atoms with van der Waals surface area (Å²) in [4.78, 5) is 38.0. The molecule has 29 heavy (non-hydrogen) atoms. The summed E-state index contributed by atoms with van der Waals surface area (Å²) in [6, 6.07) is 9.65. The first-order valence-corrected chi connectivity index (χ1v) is 10.2. The van der Waals surface area contributed by atoms with Gasteiger partial charge in [-0.05, 0) is 58.9 Å². The van der Waals surface area contributed by atoms with Crippen molar-refractivity contribution in [3.8, 4) is 5.75 Å². The molecule has 0 spiro atoms. The highest BCUT2D eigenvalue weighted by atomic mass is 127. The lowest BCUT2D eigenvalue weighted by Gasteiger charge is -2.13. The SMILES string of the molecule is CCc1ccccc1NC(=O)CN1C(=O)N/C(=C/c2cc(Cl)cc(I)c2O)C1=O. The maximum atomic E-state index is 12.6. The molecule has 0 aliphatic carbocycles. The Balaban J connectivity index is 1.76. The van der Waals surface area contributed by atoms with E-state index in [1.54, 1.807) is 18.2 Å². The number of halogens is 2. The first kappa shape index (κ1) is 21.1. The summed E-state index contributed by atoms with van der Waals surface area (Å²) >= 11 is 7.90. The van der Waals surface area contributed by atoms with Gasteiger partial charge in [0.05, 0.1) is 3.57 Å². The summed E-state index contributed by atoms with van der Waals surface area (Å²) in [5.74, 6) is -1.21. The first-order valence-electron chi connectivity index (χ1n) is 8.70. The van der Waals surface area contributed by atoms with Crippen LogP contribution in [0.2, 0.25) is 5.02 Å².